The monoisotopic (exact) mass is 560 g/mol. The fraction of sp³-hybridized carbons (Fsp3) is 0.568. The lowest BCUT2D eigenvalue weighted by atomic mass is 10.0. The Bertz CT molecular complexity index is 1050. The first kappa shape index (κ1) is 32.8. The summed E-state index contributed by atoms with van der Waals surface area (Å²) in [6.45, 7) is 4.58. The maximum Gasteiger partial charge on any atom is 0.159 e. The molecule has 1 unspecified atom stereocenters. The number of aromatic nitrogens is 2. The Labute approximate surface area is 249 Å². The zero-order valence-corrected chi connectivity index (χ0v) is 25.8. The summed E-state index contributed by atoms with van der Waals surface area (Å²) in [6.07, 6.45) is 23.9. The molecule has 3 aromatic rings. The van der Waals surface area contributed by atoms with E-state index in [1.165, 1.54) is 89.0 Å². The van der Waals surface area contributed by atoms with E-state index in [0.29, 0.717) is 12.2 Å². The van der Waals surface area contributed by atoms with Gasteiger partial charge in [-0.2, -0.15) is 0 Å². The van der Waals surface area contributed by atoms with E-state index in [1.807, 2.05) is 36.7 Å². The molecule has 3 rings (SSSR count). The van der Waals surface area contributed by atoms with Gasteiger partial charge >= 0.3 is 0 Å². The number of ether oxygens (including phenoxy) is 1. The molecule has 1 atom stereocenters. The highest BCUT2D eigenvalue weighted by Gasteiger charge is 2.08. The summed E-state index contributed by atoms with van der Waals surface area (Å²) in [5, 5.41) is 0. The molecule has 0 aliphatic rings. The Hall–Kier alpha value is -2.75. The summed E-state index contributed by atoms with van der Waals surface area (Å²) in [7, 11) is 0. The zero-order chi connectivity index (χ0) is 29.0. The second-order valence-electron chi connectivity index (χ2n) is 11.6. The first-order valence-electron chi connectivity index (χ1n) is 16.5. The SMILES string of the molecule is CCCCCCCCCCCCc1ccc(-c2ncc(-c3ccc(OCC(F)CCCCCCC)cc3)cn2)cc1. The summed E-state index contributed by atoms with van der Waals surface area (Å²) in [6, 6.07) is 16.4. The van der Waals surface area contributed by atoms with Crippen LogP contribution in [0.15, 0.2) is 60.9 Å². The minimum absolute atomic E-state index is 0.114. The van der Waals surface area contributed by atoms with E-state index >= 15 is 0 Å². The van der Waals surface area contributed by atoms with Crippen molar-refractivity contribution in [1.29, 1.82) is 0 Å². The van der Waals surface area contributed by atoms with Crippen LogP contribution < -0.4 is 4.74 Å². The Morgan fingerprint density at radius 2 is 1.10 bits per heavy atom. The fourth-order valence-corrected chi connectivity index (χ4v) is 5.25. The van der Waals surface area contributed by atoms with Crippen LogP contribution in [0, 0.1) is 0 Å². The van der Waals surface area contributed by atoms with Gasteiger partial charge in [0.1, 0.15) is 18.5 Å². The lowest BCUT2D eigenvalue weighted by Gasteiger charge is -2.11. The maximum atomic E-state index is 14.1. The predicted molar refractivity (Wildman–Crippen MR) is 172 cm³/mol. The third-order valence-electron chi connectivity index (χ3n) is 7.92. The van der Waals surface area contributed by atoms with Crippen molar-refractivity contribution in [3.05, 3.63) is 66.5 Å². The minimum atomic E-state index is -0.911. The van der Waals surface area contributed by atoms with Crippen molar-refractivity contribution in [2.75, 3.05) is 6.61 Å². The average Bonchev–Trinajstić information content (AvgIpc) is 3.01. The van der Waals surface area contributed by atoms with Crippen LogP contribution in [0.3, 0.4) is 0 Å². The van der Waals surface area contributed by atoms with Crippen molar-refractivity contribution in [3.63, 3.8) is 0 Å². The zero-order valence-electron chi connectivity index (χ0n) is 25.8. The molecule has 3 nitrogen and oxygen atoms in total. The van der Waals surface area contributed by atoms with Gasteiger partial charge in [-0.05, 0) is 42.5 Å². The molecule has 4 heteroatoms. The molecule has 1 heterocycles. The number of aryl methyl sites for hydroxylation is 1. The van der Waals surface area contributed by atoms with Gasteiger partial charge in [-0.1, -0.05) is 140 Å². The molecular formula is C37H53FN2O. The van der Waals surface area contributed by atoms with Crippen molar-refractivity contribution >= 4 is 0 Å². The molecule has 0 aliphatic heterocycles. The number of halogens is 1. The first-order valence-corrected chi connectivity index (χ1v) is 16.5. The molecule has 0 amide bonds. The highest BCUT2D eigenvalue weighted by Crippen LogP contribution is 2.24. The van der Waals surface area contributed by atoms with Gasteiger partial charge in [0.2, 0.25) is 0 Å². The highest BCUT2D eigenvalue weighted by atomic mass is 19.1. The van der Waals surface area contributed by atoms with E-state index in [2.05, 4.69) is 48.1 Å². The number of hydrogen-bond donors (Lipinski definition) is 0. The number of benzene rings is 2. The van der Waals surface area contributed by atoms with Gasteiger partial charge in [-0.15, -0.1) is 0 Å². The van der Waals surface area contributed by atoms with Gasteiger partial charge < -0.3 is 4.74 Å². The summed E-state index contributed by atoms with van der Waals surface area (Å²) in [4.78, 5) is 9.24. The summed E-state index contributed by atoms with van der Waals surface area (Å²) >= 11 is 0. The van der Waals surface area contributed by atoms with Crippen LogP contribution in [0.5, 0.6) is 5.75 Å². The van der Waals surface area contributed by atoms with Crippen molar-refractivity contribution in [1.82, 2.24) is 9.97 Å². The summed E-state index contributed by atoms with van der Waals surface area (Å²) in [5.74, 6) is 1.43. The molecule has 224 valence electrons. The van der Waals surface area contributed by atoms with Crippen LogP contribution >= 0.6 is 0 Å². The van der Waals surface area contributed by atoms with Crippen LogP contribution in [0.2, 0.25) is 0 Å². The van der Waals surface area contributed by atoms with Crippen LogP contribution in [0.25, 0.3) is 22.5 Å². The van der Waals surface area contributed by atoms with Crippen molar-refractivity contribution in [2.24, 2.45) is 0 Å². The molecule has 0 aliphatic carbocycles. The number of hydrogen-bond acceptors (Lipinski definition) is 3. The molecule has 41 heavy (non-hydrogen) atoms. The standard InChI is InChI=1S/C37H53FN2O/c1-3-5-7-9-10-11-12-13-15-16-18-31-20-22-33(23-21-31)37-39-28-34(29-40-37)32-24-26-36(27-25-32)41-30-35(38)19-17-14-8-6-4-2/h20-29,35H,3-19,30H2,1-2H3. The van der Waals surface area contributed by atoms with Crippen LogP contribution in [-0.2, 0) is 6.42 Å². The number of nitrogens with zero attached hydrogens (tertiary/aromatic N) is 2. The number of rotatable bonds is 22. The van der Waals surface area contributed by atoms with Gasteiger partial charge in [0.15, 0.2) is 5.82 Å². The first-order chi connectivity index (χ1) is 20.2. The molecule has 0 fully saturated rings. The second kappa shape index (κ2) is 20.2. The Morgan fingerprint density at radius 3 is 1.68 bits per heavy atom. The largest absolute Gasteiger partial charge is 0.491 e. The summed E-state index contributed by atoms with van der Waals surface area (Å²) < 4.78 is 19.8. The highest BCUT2D eigenvalue weighted by molar-refractivity contribution is 5.64. The van der Waals surface area contributed by atoms with Gasteiger partial charge in [0.25, 0.3) is 0 Å². The van der Waals surface area contributed by atoms with Gasteiger partial charge in [0, 0.05) is 23.5 Å². The van der Waals surface area contributed by atoms with E-state index in [1.54, 1.807) is 0 Å². The van der Waals surface area contributed by atoms with Crippen LogP contribution in [0.4, 0.5) is 4.39 Å². The quantitative estimate of drug-likeness (QED) is 0.115. The third-order valence-corrected chi connectivity index (χ3v) is 7.92. The molecule has 1 aromatic heterocycles. The molecule has 2 aromatic carbocycles. The smallest absolute Gasteiger partial charge is 0.159 e. The molecule has 0 saturated heterocycles. The van der Waals surface area contributed by atoms with E-state index in [-0.39, 0.29) is 6.61 Å². The Morgan fingerprint density at radius 1 is 0.585 bits per heavy atom. The van der Waals surface area contributed by atoms with E-state index in [0.717, 1.165) is 41.8 Å². The van der Waals surface area contributed by atoms with E-state index in [4.69, 9.17) is 4.74 Å². The lowest BCUT2D eigenvalue weighted by Crippen LogP contribution is -2.12. The van der Waals surface area contributed by atoms with Crippen molar-refractivity contribution in [2.45, 2.75) is 129 Å². The molecular weight excluding hydrogens is 507 g/mol. The van der Waals surface area contributed by atoms with E-state index in [9.17, 15) is 4.39 Å². The topological polar surface area (TPSA) is 35.0 Å². The van der Waals surface area contributed by atoms with Crippen molar-refractivity contribution < 1.29 is 9.13 Å². The van der Waals surface area contributed by atoms with Gasteiger partial charge in [-0.3, -0.25) is 0 Å². The van der Waals surface area contributed by atoms with Crippen molar-refractivity contribution in [3.8, 4) is 28.3 Å². The molecule has 0 bridgehead atoms. The second-order valence-corrected chi connectivity index (χ2v) is 11.6. The molecule has 0 radical (unpaired) electrons. The van der Waals surface area contributed by atoms with E-state index < -0.39 is 6.17 Å². The van der Waals surface area contributed by atoms with Gasteiger partial charge in [-0.25, -0.2) is 14.4 Å². The van der Waals surface area contributed by atoms with Crippen LogP contribution in [0.1, 0.15) is 122 Å². The Kier molecular flexibility index (Phi) is 16.1. The minimum Gasteiger partial charge on any atom is -0.491 e. The number of unbranched alkanes of at least 4 members (excludes halogenated alkanes) is 13. The lowest BCUT2D eigenvalue weighted by molar-refractivity contribution is 0.184. The summed E-state index contributed by atoms with van der Waals surface area (Å²) in [5.41, 5.74) is 4.40. The maximum absolute atomic E-state index is 14.1. The molecule has 0 N–H and O–H groups in total. The average molecular weight is 561 g/mol. The Balaban J connectivity index is 1.36. The fourth-order valence-electron chi connectivity index (χ4n) is 5.25. The predicted octanol–water partition coefficient (Wildman–Crippen LogP) is 11.4. The third kappa shape index (κ3) is 13.2. The molecule has 0 spiro atoms. The van der Waals surface area contributed by atoms with Crippen LogP contribution in [-0.4, -0.2) is 22.7 Å². The van der Waals surface area contributed by atoms with Gasteiger partial charge in [0.05, 0.1) is 0 Å². The molecule has 0 saturated carbocycles. The normalized spacial score (nSPS) is 12.0. The number of alkyl halides is 1.